The molecular weight excluding hydrogens is 318 g/mol. The molecule has 0 spiro atoms. The van der Waals surface area contributed by atoms with Crippen LogP contribution >= 0.6 is 0 Å². The van der Waals surface area contributed by atoms with E-state index < -0.39 is 0 Å². The van der Waals surface area contributed by atoms with Crippen molar-refractivity contribution in [1.29, 1.82) is 0 Å². The lowest BCUT2D eigenvalue weighted by atomic mass is 10.0. The monoisotopic (exact) mass is 339 g/mol. The van der Waals surface area contributed by atoms with Gasteiger partial charge in [-0.05, 0) is 18.9 Å². The second-order valence-corrected chi connectivity index (χ2v) is 6.43. The minimum Gasteiger partial charge on any atom is -0.460 e. The van der Waals surface area contributed by atoms with E-state index in [9.17, 15) is 0 Å². The van der Waals surface area contributed by atoms with E-state index in [1.165, 1.54) is 0 Å². The van der Waals surface area contributed by atoms with Gasteiger partial charge in [0.25, 0.3) is 0 Å². The van der Waals surface area contributed by atoms with Crippen LogP contribution in [0.2, 0.25) is 0 Å². The summed E-state index contributed by atoms with van der Waals surface area (Å²) in [5.74, 6) is 2.60. The quantitative estimate of drug-likeness (QED) is 0.774. The molecule has 1 fully saturated rings. The molecule has 0 aromatic carbocycles. The Morgan fingerprint density at radius 2 is 2.08 bits per heavy atom. The first-order valence-corrected chi connectivity index (χ1v) is 8.40. The minimum atomic E-state index is 0.380. The number of hydrogen-bond acceptors (Lipinski definition) is 8. The van der Waals surface area contributed by atoms with Crippen LogP contribution in [0.1, 0.15) is 12.8 Å². The number of piperidine rings is 1. The Balaban J connectivity index is 1.42. The zero-order valence-electron chi connectivity index (χ0n) is 14.4. The highest BCUT2D eigenvalue weighted by molar-refractivity contribution is 5.86. The van der Waals surface area contributed by atoms with Gasteiger partial charge in [-0.25, -0.2) is 9.97 Å². The molecule has 4 rings (SSSR count). The van der Waals surface area contributed by atoms with Crippen LogP contribution in [0.4, 0.5) is 17.5 Å². The van der Waals surface area contributed by atoms with Crippen molar-refractivity contribution in [2.45, 2.75) is 18.9 Å². The van der Waals surface area contributed by atoms with E-state index >= 15 is 0 Å². The molecule has 4 heterocycles. The Labute approximate surface area is 145 Å². The molecule has 8 nitrogen and oxygen atoms in total. The lowest BCUT2D eigenvalue weighted by molar-refractivity contribution is 0.517. The van der Waals surface area contributed by atoms with E-state index in [2.05, 4.69) is 30.4 Å². The topological polar surface area (TPSA) is 83.2 Å². The van der Waals surface area contributed by atoms with Crippen molar-refractivity contribution >= 4 is 28.4 Å². The molecule has 130 valence electrons. The van der Waals surface area contributed by atoms with Crippen molar-refractivity contribution in [2.24, 2.45) is 0 Å². The third-order valence-corrected chi connectivity index (χ3v) is 4.51. The minimum absolute atomic E-state index is 0.380. The normalized spacial score (nSPS) is 15.5. The van der Waals surface area contributed by atoms with Crippen LogP contribution in [-0.2, 0) is 0 Å². The fourth-order valence-electron chi connectivity index (χ4n) is 3.12. The summed E-state index contributed by atoms with van der Waals surface area (Å²) in [5, 5.41) is 12.9. The highest BCUT2D eigenvalue weighted by Crippen LogP contribution is 2.27. The lowest BCUT2D eigenvalue weighted by Crippen LogP contribution is -2.39. The average Bonchev–Trinajstić information content (AvgIpc) is 3.11. The molecule has 0 saturated carbocycles. The molecule has 0 unspecified atom stereocenters. The summed E-state index contributed by atoms with van der Waals surface area (Å²) in [6, 6.07) is 4.27. The third-order valence-electron chi connectivity index (χ3n) is 4.51. The number of hydrogen-bond donors (Lipinski definition) is 1. The summed E-state index contributed by atoms with van der Waals surface area (Å²) in [6.45, 7) is 1.80. The lowest BCUT2D eigenvalue weighted by Gasteiger charge is -2.33. The number of nitrogens with zero attached hydrogens (tertiary/aromatic N) is 6. The highest BCUT2D eigenvalue weighted by atomic mass is 16.3. The van der Waals surface area contributed by atoms with Crippen LogP contribution in [0.3, 0.4) is 0 Å². The summed E-state index contributed by atoms with van der Waals surface area (Å²) >= 11 is 0. The highest BCUT2D eigenvalue weighted by Gasteiger charge is 2.23. The summed E-state index contributed by atoms with van der Waals surface area (Å²) in [4.78, 5) is 12.8. The van der Waals surface area contributed by atoms with Crippen LogP contribution < -0.4 is 15.1 Å². The van der Waals surface area contributed by atoms with Gasteiger partial charge in [-0.15, -0.1) is 5.10 Å². The average molecular weight is 339 g/mol. The molecule has 1 saturated heterocycles. The standard InChI is InChI=1S/C17H21N7O/c1-23(2)15-9-14(18-11-19-15)21-13-3-6-24(7-4-13)17-16-12(5-8-25-16)10-20-22-17/h5,8-11,13H,3-4,6-7H2,1-2H3,(H,18,19,21). The van der Waals surface area contributed by atoms with Gasteiger partial charge in [-0.2, -0.15) is 5.10 Å². The first kappa shape index (κ1) is 15.6. The van der Waals surface area contributed by atoms with Crippen molar-refractivity contribution in [3.63, 3.8) is 0 Å². The van der Waals surface area contributed by atoms with Crippen molar-refractivity contribution < 1.29 is 4.42 Å². The maximum Gasteiger partial charge on any atom is 0.195 e. The maximum atomic E-state index is 5.58. The number of rotatable bonds is 4. The first-order chi connectivity index (χ1) is 12.2. The van der Waals surface area contributed by atoms with Crippen molar-refractivity contribution in [2.75, 3.05) is 42.3 Å². The second kappa shape index (κ2) is 6.54. The molecule has 0 bridgehead atoms. The zero-order valence-corrected chi connectivity index (χ0v) is 14.4. The van der Waals surface area contributed by atoms with Gasteiger partial charge in [0, 0.05) is 44.7 Å². The molecule has 0 aliphatic carbocycles. The fraction of sp³-hybridized carbons (Fsp3) is 0.412. The van der Waals surface area contributed by atoms with Crippen molar-refractivity contribution in [3.8, 4) is 0 Å². The van der Waals surface area contributed by atoms with Crippen LogP contribution in [0.5, 0.6) is 0 Å². The Hall–Kier alpha value is -2.90. The van der Waals surface area contributed by atoms with Gasteiger partial charge in [-0.1, -0.05) is 0 Å². The maximum absolute atomic E-state index is 5.58. The third kappa shape index (κ3) is 3.19. The molecule has 8 heteroatoms. The van der Waals surface area contributed by atoms with E-state index in [0.29, 0.717) is 6.04 Å². The van der Waals surface area contributed by atoms with Crippen LogP contribution in [-0.4, -0.2) is 53.4 Å². The van der Waals surface area contributed by atoms with E-state index in [0.717, 1.165) is 54.4 Å². The molecule has 3 aromatic rings. The van der Waals surface area contributed by atoms with Crippen molar-refractivity contribution in [3.05, 3.63) is 30.9 Å². The molecular formula is C17H21N7O. The van der Waals surface area contributed by atoms with Gasteiger partial charge < -0.3 is 19.5 Å². The molecule has 1 N–H and O–H groups in total. The molecule has 1 aliphatic rings. The molecule has 25 heavy (non-hydrogen) atoms. The molecule has 0 atom stereocenters. The number of aromatic nitrogens is 4. The summed E-state index contributed by atoms with van der Waals surface area (Å²) in [7, 11) is 3.95. The van der Waals surface area contributed by atoms with Gasteiger partial charge in [-0.3, -0.25) is 0 Å². The predicted molar refractivity (Wildman–Crippen MR) is 97.0 cm³/mol. The Morgan fingerprint density at radius 1 is 1.24 bits per heavy atom. The van der Waals surface area contributed by atoms with Gasteiger partial charge in [0.1, 0.15) is 18.0 Å². The van der Waals surface area contributed by atoms with E-state index in [-0.39, 0.29) is 0 Å². The number of furan rings is 1. The van der Waals surface area contributed by atoms with Crippen LogP contribution in [0.25, 0.3) is 11.0 Å². The number of fused-ring (bicyclic) bond motifs is 1. The van der Waals surface area contributed by atoms with Crippen LogP contribution in [0.15, 0.2) is 35.3 Å². The predicted octanol–water partition coefficient (Wildman–Crippen LogP) is 2.16. The van der Waals surface area contributed by atoms with Crippen LogP contribution in [0, 0.1) is 0 Å². The van der Waals surface area contributed by atoms with Gasteiger partial charge >= 0.3 is 0 Å². The molecule has 0 amide bonds. The number of anilines is 3. The van der Waals surface area contributed by atoms with E-state index in [1.54, 1.807) is 18.8 Å². The van der Waals surface area contributed by atoms with E-state index in [1.807, 2.05) is 31.1 Å². The summed E-state index contributed by atoms with van der Waals surface area (Å²) in [6.07, 6.45) is 7.01. The van der Waals surface area contributed by atoms with Gasteiger partial charge in [0.05, 0.1) is 12.5 Å². The smallest absolute Gasteiger partial charge is 0.195 e. The molecule has 3 aromatic heterocycles. The Bertz CT molecular complexity index is 855. The summed E-state index contributed by atoms with van der Waals surface area (Å²) < 4.78 is 5.58. The second-order valence-electron chi connectivity index (χ2n) is 6.43. The van der Waals surface area contributed by atoms with Gasteiger partial charge in [0.15, 0.2) is 11.4 Å². The Morgan fingerprint density at radius 3 is 2.88 bits per heavy atom. The SMILES string of the molecule is CN(C)c1cc(NC2CCN(c3nncc4ccoc34)CC2)ncn1. The molecule has 1 aliphatic heterocycles. The van der Waals surface area contributed by atoms with Gasteiger partial charge in [0.2, 0.25) is 0 Å². The van der Waals surface area contributed by atoms with E-state index in [4.69, 9.17) is 4.42 Å². The zero-order chi connectivity index (χ0) is 17.2. The fourth-order valence-corrected chi connectivity index (χ4v) is 3.12. The van der Waals surface area contributed by atoms with Crippen molar-refractivity contribution in [1.82, 2.24) is 20.2 Å². The largest absolute Gasteiger partial charge is 0.460 e. The summed E-state index contributed by atoms with van der Waals surface area (Å²) in [5.41, 5.74) is 0.813. The number of nitrogens with one attached hydrogen (secondary N) is 1. The first-order valence-electron chi connectivity index (χ1n) is 8.40. The molecule has 0 radical (unpaired) electrons. The Kier molecular flexibility index (Phi) is 4.09.